The van der Waals surface area contributed by atoms with Gasteiger partial charge < -0.3 is 9.80 Å². The molecule has 0 saturated carbocycles. The summed E-state index contributed by atoms with van der Waals surface area (Å²) in [7, 11) is 0. The zero-order valence-corrected chi connectivity index (χ0v) is 42.8. The van der Waals surface area contributed by atoms with Crippen LogP contribution in [0, 0.1) is 6.92 Å². The molecular weight excluding hydrogens is 796 g/mol. The maximum atomic E-state index is 2.67. The molecule has 336 valence electrons. The van der Waals surface area contributed by atoms with Gasteiger partial charge in [0.15, 0.2) is 0 Å². The van der Waals surface area contributed by atoms with Crippen LogP contribution in [0.15, 0.2) is 140 Å². The molecule has 0 aliphatic carbocycles. The van der Waals surface area contributed by atoms with E-state index >= 15 is 0 Å². The van der Waals surface area contributed by atoms with Crippen LogP contribution in [0.5, 0.6) is 0 Å². The van der Waals surface area contributed by atoms with E-state index in [0.717, 1.165) is 0 Å². The Morgan fingerprint density at radius 1 is 0.348 bits per heavy atom. The molecule has 0 fully saturated rings. The molecule has 0 atom stereocenters. The molecule has 66 heavy (non-hydrogen) atoms. The average molecular weight is 867 g/mol. The summed E-state index contributed by atoms with van der Waals surface area (Å²) in [6.45, 7) is 37.2. The first kappa shape index (κ1) is 45.4. The van der Waals surface area contributed by atoms with Crippen LogP contribution in [0.3, 0.4) is 0 Å². The molecule has 2 aliphatic heterocycles. The number of anilines is 6. The Hall–Kier alpha value is -5.80. The summed E-state index contributed by atoms with van der Waals surface area (Å²) < 4.78 is 0. The summed E-state index contributed by atoms with van der Waals surface area (Å²) >= 11 is 0. The Kier molecular flexibility index (Phi) is 10.8. The predicted molar refractivity (Wildman–Crippen MR) is 290 cm³/mol. The normalized spacial score (nSPS) is 14.0. The number of rotatable bonds is 4. The summed E-state index contributed by atoms with van der Waals surface area (Å²) in [4.78, 5) is 5.24. The van der Waals surface area contributed by atoms with Gasteiger partial charge in [0, 0.05) is 39.6 Å². The Labute approximate surface area is 398 Å². The first-order valence-corrected chi connectivity index (χ1v) is 24.3. The second-order valence-electron chi connectivity index (χ2n) is 24.5. The fourth-order valence-electron chi connectivity index (χ4n) is 10.3. The molecule has 7 aromatic carbocycles. The molecule has 2 heterocycles. The molecule has 0 aromatic heterocycles. The molecular formula is C63H71BN2. The van der Waals surface area contributed by atoms with Gasteiger partial charge in [-0.15, -0.1) is 0 Å². The Morgan fingerprint density at radius 2 is 0.727 bits per heavy atom. The summed E-state index contributed by atoms with van der Waals surface area (Å²) in [5, 5.41) is 0. The van der Waals surface area contributed by atoms with Gasteiger partial charge in [-0.05, 0) is 131 Å². The van der Waals surface area contributed by atoms with Crippen molar-refractivity contribution in [3.05, 3.63) is 173 Å². The zero-order valence-electron chi connectivity index (χ0n) is 42.8. The second kappa shape index (κ2) is 15.7. The standard InChI is InChI=1S/C63H71BN2/c1-40-34-55-57-56(35-40)66(58-49(41-20-17-22-44(36-41)60(5,6)7)24-19-25-50(58)42-21-18-23-45(37-42)61(8,9)10)54-33-29-47(63(14,15)16)39-52(54)64(57)51-38-46(62(11,12)13)28-32-53(51)65(55)48-30-26-43(27-31-48)59(2,3)4/h17-39H,1-16H3. The lowest BCUT2D eigenvalue weighted by atomic mass is 9.33. The van der Waals surface area contributed by atoms with Crippen LogP contribution in [0.2, 0.25) is 0 Å². The van der Waals surface area contributed by atoms with Crippen molar-refractivity contribution >= 4 is 57.2 Å². The van der Waals surface area contributed by atoms with Crippen molar-refractivity contribution in [1.29, 1.82) is 0 Å². The molecule has 0 bridgehead atoms. The Morgan fingerprint density at radius 3 is 1.17 bits per heavy atom. The third kappa shape index (κ3) is 8.01. The van der Waals surface area contributed by atoms with E-state index in [0.29, 0.717) is 0 Å². The molecule has 7 aromatic rings. The van der Waals surface area contributed by atoms with Crippen molar-refractivity contribution in [3.8, 4) is 22.3 Å². The number of fused-ring (bicyclic) bond motifs is 4. The topological polar surface area (TPSA) is 6.48 Å². The molecule has 3 heteroatoms. The number of benzene rings is 7. The van der Waals surface area contributed by atoms with Gasteiger partial charge in [-0.3, -0.25) is 0 Å². The third-order valence-electron chi connectivity index (χ3n) is 14.3. The van der Waals surface area contributed by atoms with Gasteiger partial charge >= 0.3 is 0 Å². The molecule has 0 N–H and O–H groups in total. The van der Waals surface area contributed by atoms with Gasteiger partial charge in [0.05, 0.1) is 5.69 Å². The first-order valence-electron chi connectivity index (χ1n) is 24.3. The van der Waals surface area contributed by atoms with Gasteiger partial charge in [0.2, 0.25) is 0 Å². The minimum atomic E-state index is -0.0499. The summed E-state index contributed by atoms with van der Waals surface area (Å²) in [6.07, 6.45) is 0. The van der Waals surface area contributed by atoms with Gasteiger partial charge in [-0.25, -0.2) is 0 Å². The van der Waals surface area contributed by atoms with Gasteiger partial charge in [-0.2, -0.15) is 0 Å². The highest BCUT2D eigenvalue weighted by Crippen LogP contribution is 2.51. The van der Waals surface area contributed by atoms with E-state index in [1.54, 1.807) is 0 Å². The molecule has 0 amide bonds. The average Bonchev–Trinajstić information content (AvgIpc) is 3.24. The van der Waals surface area contributed by atoms with Crippen molar-refractivity contribution < 1.29 is 0 Å². The summed E-state index contributed by atoms with van der Waals surface area (Å²) in [6, 6.07) is 54.6. The molecule has 0 radical (unpaired) electrons. The van der Waals surface area contributed by atoms with Crippen LogP contribution in [0.25, 0.3) is 22.3 Å². The molecule has 2 nitrogen and oxygen atoms in total. The third-order valence-corrected chi connectivity index (χ3v) is 14.3. The van der Waals surface area contributed by atoms with E-state index in [1.807, 2.05) is 0 Å². The summed E-state index contributed by atoms with van der Waals surface area (Å²) in [5.41, 5.74) is 24.2. The maximum absolute atomic E-state index is 2.67. The smallest absolute Gasteiger partial charge is 0.252 e. The van der Waals surface area contributed by atoms with Gasteiger partial charge in [0.25, 0.3) is 6.71 Å². The minimum Gasteiger partial charge on any atom is -0.311 e. The number of para-hydroxylation sites is 1. The fourth-order valence-corrected chi connectivity index (χ4v) is 10.3. The van der Waals surface area contributed by atoms with Gasteiger partial charge in [0.1, 0.15) is 0 Å². The van der Waals surface area contributed by atoms with Crippen molar-refractivity contribution in [2.45, 2.75) is 138 Å². The largest absolute Gasteiger partial charge is 0.311 e. The number of nitrogens with zero attached hydrogens (tertiary/aromatic N) is 2. The zero-order chi connectivity index (χ0) is 47.5. The van der Waals surface area contributed by atoms with Crippen molar-refractivity contribution in [2.75, 3.05) is 9.80 Å². The van der Waals surface area contributed by atoms with E-state index in [1.165, 1.54) is 106 Å². The van der Waals surface area contributed by atoms with E-state index in [4.69, 9.17) is 0 Å². The first-order chi connectivity index (χ1) is 30.8. The van der Waals surface area contributed by atoms with Crippen LogP contribution >= 0.6 is 0 Å². The number of hydrogen-bond acceptors (Lipinski definition) is 2. The van der Waals surface area contributed by atoms with Crippen LogP contribution in [-0.4, -0.2) is 6.71 Å². The highest BCUT2D eigenvalue weighted by atomic mass is 15.2. The van der Waals surface area contributed by atoms with Gasteiger partial charge in [-0.1, -0.05) is 207 Å². The van der Waals surface area contributed by atoms with Crippen LogP contribution in [0.4, 0.5) is 34.1 Å². The number of aryl methyl sites for hydroxylation is 1. The lowest BCUT2D eigenvalue weighted by molar-refractivity contribution is 0.590. The van der Waals surface area contributed by atoms with E-state index in [9.17, 15) is 0 Å². The van der Waals surface area contributed by atoms with E-state index in [-0.39, 0.29) is 33.8 Å². The van der Waals surface area contributed by atoms with Crippen LogP contribution in [-0.2, 0) is 27.1 Å². The lowest BCUT2D eigenvalue weighted by Crippen LogP contribution is -2.61. The minimum absolute atomic E-state index is 0.00736. The highest BCUT2D eigenvalue weighted by Gasteiger charge is 2.45. The van der Waals surface area contributed by atoms with E-state index < -0.39 is 0 Å². The Balaban J connectivity index is 1.43. The Bertz CT molecular complexity index is 2930. The SMILES string of the molecule is Cc1cc2c3c(c1)N(c1c(-c4cccc(C(C)(C)C)c4)cccc1-c1cccc(C(C)(C)C)c1)c1ccc(C(C)(C)C)cc1B3c1cc(C(C)(C)C)ccc1N2c1ccc(C(C)(C)C)cc1. The molecule has 2 aliphatic rings. The van der Waals surface area contributed by atoms with Crippen LogP contribution in [0.1, 0.15) is 137 Å². The monoisotopic (exact) mass is 867 g/mol. The number of hydrogen-bond donors (Lipinski definition) is 0. The second-order valence-corrected chi connectivity index (χ2v) is 24.5. The molecule has 0 saturated heterocycles. The predicted octanol–water partition coefficient (Wildman–Crippen LogP) is 15.9. The van der Waals surface area contributed by atoms with E-state index in [2.05, 4.69) is 260 Å². The summed E-state index contributed by atoms with van der Waals surface area (Å²) in [5.74, 6) is 0. The fraction of sp³-hybridized carbons (Fsp3) is 0.333. The van der Waals surface area contributed by atoms with Crippen molar-refractivity contribution in [1.82, 2.24) is 0 Å². The molecule has 0 unspecified atom stereocenters. The molecule has 9 rings (SSSR count). The van der Waals surface area contributed by atoms with Crippen molar-refractivity contribution in [2.24, 2.45) is 0 Å². The maximum Gasteiger partial charge on any atom is 0.252 e. The highest BCUT2D eigenvalue weighted by molar-refractivity contribution is 7.00. The lowest BCUT2D eigenvalue weighted by Gasteiger charge is -2.46. The quantitative estimate of drug-likeness (QED) is 0.163. The molecule has 0 spiro atoms. The van der Waals surface area contributed by atoms with Crippen molar-refractivity contribution in [3.63, 3.8) is 0 Å². The van der Waals surface area contributed by atoms with Crippen LogP contribution < -0.4 is 26.2 Å².